The Morgan fingerprint density at radius 1 is 0.776 bits per heavy atom. The number of benzene rings is 2. The maximum atomic E-state index is 13.9. The van der Waals surface area contributed by atoms with Gasteiger partial charge in [0, 0.05) is 19.5 Å². The molecule has 0 radical (unpaired) electrons. The van der Waals surface area contributed by atoms with E-state index < -0.39 is 53.4 Å². The van der Waals surface area contributed by atoms with Crippen molar-refractivity contribution in [2.45, 2.75) is 94.9 Å². The molecule has 4 amide bonds. The second-order valence-electron chi connectivity index (χ2n) is 13.4. The summed E-state index contributed by atoms with van der Waals surface area (Å²) in [5, 5.41) is 18.0. The molecule has 0 bridgehead atoms. The Morgan fingerprint density at radius 2 is 1.29 bits per heavy atom. The summed E-state index contributed by atoms with van der Waals surface area (Å²) in [7, 11) is 0. The number of nitrogens with zero attached hydrogens (tertiary/aromatic N) is 1. The summed E-state index contributed by atoms with van der Waals surface area (Å²) in [6.07, 6.45) is 2.44. The van der Waals surface area contributed by atoms with Crippen molar-refractivity contribution < 1.29 is 29.1 Å². The number of hydrogen-bond donors (Lipinski definition) is 7. The highest BCUT2D eigenvalue weighted by atomic mass is 16.4. The number of aliphatic carboxylic acids is 1. The summed E-state index contributed by atoms with van der Waals surface area (Å²) in [6.45, 7) is 4.53. The third-order valence-corrected chi connectivity index (χ3v) is 8.85. The van der Waals surface area contributed by atoms with E-state index in [4.69, 9.17) is 17.2 Å². The van der Waals surface area contributed by atoms with Crippen molar-refractivity contribution in [3.05, 3.63) is 71.8 Å². The molecule has 1 fully saturated rings. The Bertz CT molecular complexity index is 1380. The van der Waals surface area contributed by atoms with Crippen LogP contribution in [0.4, 0.5) is 0 Å². The predicted octanol–water partition coefficient (Wildman–Crippen LogP) is 0.833. The molecule has 0 aliphatic carbocycles. The van der Waals surface area contributed by atoms with Gasteiger partial charge in [-0.15, -0.1) is 0 Å². The molecule has 0 aromatic heterocycles. The van der Waals surface area contributed by atoms with Gasteiger partial charge in [-0.3, -0.25) is 24.0 Å². The quantitative estimate of drug-likeness (QED) is 0.111. The number of amides is 4. The van der Waals surface area contributed by atoms with Crippen molar-refractivity contribution >= 4 is 29.6 Å². The Morgan fingerprint density at radius 3 is 1.82 bits per heavy atom. The van der Waals surface area contributed by atoms with Gasteiger partial charge in [-0.1, -0.05) is 74.5 Å². The number of nitrogens with one attached hydrogen (secondary N) is 3. The van der Waals surface area contributed by atoms with E-state index in [9.17, 15) is 29.1 Å². The van der Waals surface area contributed by atoms with E-state index in [0.29, 0.717) is 25.8 Å². The summed E-state index contributed by atoms with van der Waals surface area (Å²) in [4.78, 5) is 67.7. The van der Waals surface area contributed by atoms with Crippen LogP contribution in [0.15, 0.2) is 60.7 Å². The van der Waals surface area contributed by atoms with Crippen LogP contribution in [-0.4, -0.2) is 88.9 Å². The Labute approximate surface area is 288 Å². The fourth-order valence-corrected chi connectivity index (χ4v) is 5.86. The summed E-state index contributed by atoms with van der Waals surface area (Å²) in [5.41, 5.74) is 18.2. The Balaban J connectivity index is 1.77. The van der Waals surface area contributed by atoms with Crippen molar-refractivity contribution in [1.29, 1.82) is 0 Å². The molecule has 4 atom stereocenters. The van der Waals surface area contributed by atoms with Crippen molar-refractivity contribution in [2.24, 2.45) is 23.1 Å². The molecule has 0 unspecified atom stereocenters. The molecule has 49 heavy (non-hydrogen) atoms. The van der Waals surface area contributed by atoms with Gasteiger partial charge < -0.3 is 43.2 Å². The van der Waals surface area contributed by atoms with Crippen LogP contribution in [0, 0.1) is 5.92 Å². The number of carbonyl (C=O) groups is 5. The SMILES string of the molecule is CC(C)C[C@@H](NC(=O)[C@H](Cc1ccccc1)NC(=O)[C@H](N)Cc1ccccc1)C(=O)N[C@H](CCCCN)C(=O)N1CCC(N)(C(=O)O)CC1. The third-order valence-electron chi connectivity index (χ3n) is 8.85. The molecule has 1 saturated heterocycles. The summed E-state index contributed by atoms with van der Waals surface area (Å²) >= 11 is 0. The van der Waals surface area contributed by atoms with Gasteiger partial charge >= 0.3 is 5.97 Å². The topological polar surface area (TPSA) is 223 Å². The first-order valence-electron chi connectivity index (χ1n) is 17.1. The van der Waals surface area contributed by atoms with Crippen molar-refractivity contribution in [3.63, 3.8) is 0 Å². The molecule has 1 aliphatic heterocycles. The monoisotopic (exact) mass is 679 g/mol. The third kappa shape index (κ3) is 12.3. The van der Waals surface area contributed by atoms with Crippen LogP contribution in [0.2, 0.25) is 0 Å². The maximum absolute atomic E-state index is 13.9. The van der Waals surface area contributed by atoms with Crippen LogP contribution in [0.1, 0.15) is 63.5 Å². The number of carboxylic acid groups (broad SMARTS) is 1. The number of piperidine rings is 1. The zero-order valence-corrected chi connectivity index (χ0v) is 28.6. The van der Waals surface area contributed by atoms with Crippen molar-refractivity contribution in [1.82, 2.24) is 20.9 Å². The molecule has 10 N–H and O–H groups in total. The average Bonchev–Trinajstić information content (AvgIpc) is 3.07. The smallest absolute Gasteiger partial charge is 0.323 e. The van der Waals surface area contributed by atoms with Gasteiger partial charge in [0.05, 0.1) is 6.04 Å². The van der Waals surface area contributed by atoms with E-state index in [-0.39, 0.29) is 57.0 Å². The van der Waals surface area contributed by atoms with Gasteiger partial charge in [0.15, 0.2) is 0 Å². The molecule has 1 heterocycles. The second kappa shape index (κ2) is 19.0. The van der Waals surface area contributed by atoms with Crippen LogP contribution in [0.5, 0.6) is 0 Å². The minimum atomic E-state index is -1.40. The normalized spacial score (nSPS) is 16.6. The van der Waals surface area contributed by atoms with Gasteiger partial charge in [-0.25, -0.2) is 0 Å². The van der Waals surface area contributed by atoms with Crippen molar-refractivity contribution in [2.75, 3.05) is 19.6 Å². The summed E-state index contributed by atoms with van der Waals surface area (Å²) < 4.78 is 0. The summed E-state index contributed by atoms with van der Waals surface area (Å²) in [6, 6.07) is 14.7. The first-order valence-corrected chi connectivity index (χ1v) is 17.1. The highest BCUT2D eigenvalue weighted by Crippen LogP contribution is 2.21. The van der Waals surface area contributed by atoms with Gasteiger partial charge in [-0.05, 0) is 68.5 Å². The molecule has 13 heteroatoms. The molecule has 3 rings (SSSR count). The maximum Gasteiger partial charge on any atom is 0.323 e. The fourth-order valence-electron chi connectivity index (χ4n) is 5.86. The number of carbonyl (C=O) groups excluding carboxylic acids is 4. The van der Waals surface area contributed by atoms with Crippen LogP contribution in [0.3, 0.4) is 0 Å². The van der Waals surface area contributed by atoms with E-state index in [0.717, 1.165) is 11.1 Å². The lowest BCUT2D eigenvalue weighted by atomic mass is 9.88. The predicted molar refractivity (Wildman–Crippen MR) is 187 cm³/mol. The second-order valence-corrected chi connectivity index (χ2v) is 13.4. The summed E-state index contributed by atoms with van der Waals surface area (Å²) in [5.74, 6) is -3.04. The highest BCUT2D eigenvalue weighted by Gasteiger charge is 2.40. The minimum absolute atomic E-state index is 0.000286. The molecule has 268 valence electrons. The van der Waals surface area contributed by atoms with Gasteiger partial charge in [0.2, 0.25) is 23.6 Å². The van der Waals surface area contributed by atoms with E-state index in [1.807, 2.05) is 74.5 Å². The van der Waals surface area contributed by atoms with Crippen LogP contribution in [-0.2, 0) is 36.8 Å². The Hall–Kier alpha value is -4.33. The van der Waals surface area contributed by atoms with E-state index >= 15 is 0 Å². The van der Waals surface area contributed by atoms with Gasteiger partial charge in [-0.2, -0.15) is 0 Å². The standard InChI is InChI=1S/C36H53N7O6/c1-24(2)21-29(32(45)40-28(15-9-10-18-37)34(47)43-19-16-36(39,17-20-43)35(48)49)42-33(46)30(23-26-13-7-4-8-14-26)41-31(44)27(38)22-25-11-5-3-6-12-25/h3-8,11-14,24,27-30H,9-10,15-23,37-39H2,1-2H3,(H,40,45)(H,41,44)(H,42,46)(H,48,49)/t27-,28-,29-,30+/m1/s1. The molecule has 1 aliphatic rings. The number of rotatable bonds is 18. The molecule has 0 spiro atoms. The lowest BCUT2D eigenvalue weighted by Crippen LogP contribution is -2.60. The molecule has 2 aromatic carbocycles. The number of likely N-dealkylation sites (tertiary alicyclic amines) is 1. The number of hydrogen-bond acceptors (Lipinski definition) is 8. The largest absolute Gasteiger partial charge is 0.480 e. The highest BCUT2D eigenvalue weighted by molar-refractivity contribution is 5.95. The van der Waals surface area contributed by atoms with E-state index in [1.165, 1.54) is 4.90 Å². The average molecular weight is 680 g/mol. The molecule has 0 saturated carbocycles. The molecular formula is C36H53N7O6. The minimum Gasteiger partial charge on any atom is -0.480 e. The lowest BCUT2D eigenvalue weighted by molar-refractivity contribution is -0.148. The molecule has 2 aromatic rings. The van der Waals surface area contributed by atoms with E-state index in [2.05, 4.69) is 16.0 Å². The first-order chi connectivity index (χ1) is 23.3. The molecular weight excluding hydrogens is 626 g/mol. The van der Waals surface area contributed by atoms with Gasteiger partial charge in [0.25, 0.3) is 0 Å². The lowest BCUT2D eigenvalue weighted by Gasteiger charge is -2.38. The fraction of sp³-hybridized carbons (Fsp3) is 0.528. The van der Waals surface area contributed by atoms with Crippen molar-refractivity contribution in [3.8, 4) is 0 Å². The number of carboxylic acids is 1. The zero-order valence-electron chi connectivity index (χ0n) is 28.6. The van der Waals surface area contributed by atoms with Crippen LogP contribution in [0.25, 0.3) is 0 Å². The molecule has 13 nitrogen and oxygen atoms in total. The Kier molecular flexibility index (Phi) is 15.2. The number of nitrogens with two attached hydrogens (primary N) is 3. The first kappa shape index (κ1) is 39.1. The van der Waals surface area contributed by atoms with Gasteiger partial charge in [0.1, 0.15) is 23.7 Å². The van der Waals surface area contributed by atoms with Crippen LogP contribution >= 0.6 is 0 Å². The zero-order chi connectivity index (χ0) is 36.0. The van der Waals surface area contributed by atoms with Crippen LogP contribution < -0.4 is 33.2 Å². The number of unbranched alkanes of at least 4 members (excludes halogenated alkanes) is 1. The van der Waals surface area contributed by atoms with E-state index in [1.54, 1.807) is 0 Å².